The van der Waals surface area contributed by atoms with Crippen LogP contribution in [0.15, 0.2) is 48.6 Å². The van der Waals surface area contributed by atoms with E-state index in [0.717, 1.165) is 33.5 Å². The Labute approximate surface area is 158 Å². The van der Waals surface area contributed by atoms with Crippen LogP contribution in [0, 0.1) is 5.92 Å². The number of halogens is 2. The molecule has 2 nitrogen and oxygen atoms in total. The van der Waals surface area contributed by atoms with Crippen molar-refractivity contribution in [1.29, 1.82) is 0 Å². The van der Waals surface area contributed by atoms with Crippen LogP contribution in [0.5, 0.6) is 5.75 Å². The van der Waals surface area contributed by atoms with Crippen LogP contribution in [-0.4, -0.2) is 6.10 Å². The van der Waals surface area contributed by atoms with Gasteiger partial charge in [0, 0.05) is 16.5 Å². The lowest BCUT2D eigenvalue weighted by molar-refractivity contribution is 0.242. The molecule has 0 fully saturated rings. The van der Waals surface area contributed by atoms with E-state index < -0.39 is 0 Å². The molecule has 1 N–H and O–H groups in total. The lowest BCUT2D eigenvalue weighted by Gasteiger charge is -2.38. The number of fused-ring (bicyclic) bond motifs is 3. The molecule has 25 heavy (non-hydrogen) atoms. The fourth-order valence-corrected chi connectivity index (χ4v) is 4.49. The standard InChI is InChI=1S/C21H21Cl2NO/c1-12(2)25-14-8-6-13(7-9-14)20-16-5-3-4-15(16)19-17(22)10-11-18(23)21(19)24-20/h3-4,6-12,15-16,20,24H,5H2,1-2H3/t15-,16+,20+/m1/s1. The Bertz CT molecular complexity index is 813. The highest BCUT2D eigenvalue weighted by Gasteiger charge is 2.39. The molecular formula is C21H21Cl2NO. The Hall–Kier alpha value is -1.64. The first-order valence-corrected chi connectivity index (χ1v) is 9.48. The maximum atomic E-state index is 6.49. The van der Waals surface area contributed by atoms with E-state index in [-0.39, 0.29) is 12.1 Å². The number of ether oxygens (including phenoxy) is 1. The molecule has 4 rings (SSSR count). The number of hydrogen-bond acceptors (Lipinski definition) is 2. The Morgan fingerprint density at radius 3 is 2.48 bits per heavy atom. The first kappa shape index (κ1) is 16.8. The molecule has 3 atom stereocenters. The maximum Gasteiger partial charge on any atom is 0.119 e. The minimum Gasteiger partial charge on any atom is -0.491 e. The zero-order chi connectivity index (χ0) is 17.6. The summed E-state index contributed by atoms with van der Waals surface area (Å²) in [5, 5.41) is 5.17. The molecule has 1 aliphatic carbocycles. The van der Waals surface area contributed by atoms with Gasteiger partial charge in [-0.3, -0.25) is 0 Å². The summed E-state index contributed by atoms with van der Waals surface area (Å²) in [5.41, 5.74) is 3.34. The molecule has 2 aromatic rings. The summed E-state index contributed by atoms with van der Waals surface area (Å²) < 4.78 is 5.76. The van der Waals surface area contributed by atoms with Gasteiger partial charge in [0.15, 0.2) is 0 Å². The second-order valence-electron chi connectivity index (χ2n) is 7.03. The Morgan fingerprint density at radius 2 is 1.76 bits per heavy atom. The van der Waals surface area contributed by atoms with Crippen LogP contribution < -0.4 is 10.1 Å². The first-order valence-electron chi connectivity index (χ1n) is 8.72. The van der Waals surface area contributed by atoms with E-state index in [1.807, 2.05) is 38.1 Å². The largest absolute Gasteiger partial charge is 0.491 e. The average Bonchev–Trinajstić information content (AvgIpc) is 3.07. The first-order chi connectivity index (χ1) is 12.0. The van der Waals surface area contributed by atoms with Gasteiger partial charge in [0.1, 0.15) is 5.75 Å². The molecule has 130 valence electrons. The number of nitrogens with one attached hydrogen (secondary N) is 1. The van der Waals surface area contributed by atoms with Gasteiger partial charge in [0.2, 0.25) is 0 Å². The van der Waals surface area contributed by atoms with Crippen LogP contribution >= 0.6 is 23.2 Å². The SMILES string of the molecule is CC(C)Oc1ccc([C@@H]2Nc3c(Cl)ccc(Cl)c3[C@@H]3C=CC[C@@H]32)cc1. The van der Waals surface area contributed by atoms with Gasteiger partial charge >= 0.3 is 0 Å². The Balaban J connectivity index is 1.71. The monoisotopic (exact) mass is 373 g/mol. The van der Waals surface area contributed by atoms with Gasteiger partial charge in [-0.15, -0.1) is 0 Å². The molecule has 0 saturated heterocycles. The van der Waals surface area contributed by atoms with E-state index >= 15 is 0 Å². The molecule has 1 heterocycles. The van der Waals surface area contributed by atoms with Crippen LogP contribution in [0.3, 0.4) is 0 Å². The van der Waals surface area contributed by atoms with E-state index in [2.05, 4.69) is 29.6 Å². The van der Waals surface area contributed by atoms with Crippen molar-refractivity contribution >= 4 is 28.9 Å². The van der Waals surface area contributed by atoms with Crippen molar-refractivity contribution < 1.29 is 4.74 Å². The molecule has 2 aliphatic rings. The zero-order valence-electron chi connectivity index (χ0n) is 14.3. The number of rotatable bonds is 3. The Kier molecular flexibility index (Phi) is 4.43. The van der Waals surface area contributed by atoms with Gasteiger partial charge < -0.3 is 10.1 Å². The molecule has 2 aromatic carbocycles. The van der Waals surface area contributed by atoms with Gasteiger partial charge in [0.25, 0.3) is 0 Å². The molecule has 0 unspecified atom stereocenters. The van der Waals surface area contributed by atoms with Crippen molar-refractivity contribution in [3.8, 4) is 5.75 Å². The molecule has 0 spiro atoms. The lowest BCUT2D eigenvalue weighted by Crippen LogP contribution is -2.29. The van der Waals surface area contributed by atoms with Crippen molar-refractivity contribution in [3.05, 3.63) is 69.7 Å². The zero-order valence-corrected chi connectivity index (χ0v) is 15.8. The summed E-state index contributed by atoms with van der Waals surface area (Å²) in [7, 11) is 0. The normalized spacial score (nSPS) is 24.0. The van der Waals surface area contributed by atoms with Crippen LogP contribution in [0.25, 0.3) is 0 Å². The van der Waals surface area contributed by atoms with E-state index in [1.165, 1.54) is 5.56 Å². The number of allylic oxidation sites excluding steroid dienone is 2. The predicted molar refractivity (Wildman–Crippen MR) is 105 cm³/mol. The van der Waals surface area contributed by atoms with Crippen LogP contribution in [-0.2, 0) is 0 Å². The number of hydrogen-bond donors (Lipinski definition) is 1. The molecule has 0 amide bonds. The van der Waals surface area contributed by atoms with Crippen LogP contribution in [0.1, 0.15) is 43.4 Å². The van der Waals surface area contributed by atoms with E-state index in [1.54, 1.807) is 0 Å². The van der Waals surface area contributed by atoms with Gasteiger partial charge in [-0.05, 0) is 56.0 Å². The summed E-state index contributed by atoms with van der Waals surface area (Å²) >= 11 is 13.0. The Morgan fingerprint density at radius 1 is 1.04 bits per heavy atom. The quantitative estimate of drug-likeness (QED) is 0.611. The second-order valence-corrected chi connectivity index (χ2v) is 7.84. The summed E-state index contributed by atoms with van der Waals surface area (Å²) in [4.78, 5) is 0. The van der Waals surface area contributed by atoms with E-state index in [4.69, 9.17) is 27.9 Å². The van der Waals surface area contributed by atoms with E-state index in [0.29, 0.717) is 11.8 Å². The molecule has 0 saturated carbocycles. The number of benzene rings is 2. The van der Waals surface area contributed by atoms with Crippen molar-refractivity contribution in [1.82, 2.24) is 0 Å². The molecule has 0 radical (unpaired) electrons. The smallest absolute Gasteiger partial charge is 0.119 e. The third-order valence-electron chi connectivity index (χ3n) is 5.03. The van der Waals surface area contributed by atoms with Gasteiger partial charge in [-0.2, -0.15) is 0 Å². The summed E-state index contributed by atoms with van der Waals surface area (Å²) in [6.45, 7) is 4.07. The number of anilines is 1. The molecule has 0 aromatic heterocycles. The third-order valence-corrected chi connectivity index (χ3v) is 5.67. The van der Waals surface area contributed by atoms with Crippen molar-refractivity contribution in [2.24, 2.45) is 5.92 Å². The van der Waals surface area contributed by atoms with Crippen LogP contribution in [0.4, 0.5) is 5.69 Å². The fourth-order valence-electron chi connectivity index (χ4n) is 3.98. The second kappa shape index (κ2) is 6.59. The summed E-state index contributed by atoms with van der Waals surface area (Å²) in [6.07, 6.45) is 5.74. The third kappa shape index (κ3) is 3.02. The average molecular weight is 374 g/mol. The van der Waals surface area contributed by atoms with Gasteiger partial charge in [-0.25, -0.2) is 0 Å². The maximum absolute atomic E-state index is 6.49. The summed E-state index contributed by atoms with van der Waals surface area (Å²) in [6, 6.07) is 12.4. The highest BCUT2D eigenvalue weighted by Crippen LogP contribution is 2.53. The van der Waals surface area contributed by atoms with Crippen molar-refractivity contribution in [2.75, 3.05) is 5.32 Å². The molecular weight excluding hydrogens is 353 g/mol. The topological polar surface area (TPSA) is 21.3 Å². The summed E-state index contributed by atoms with van der Waals surface area (Å²) in [5.74, 6) is 1.65. The molecule has 1 aliphatic heterocycles. The van der Waals surface area contributed by atoms with Gasteiger partial charge in [-0.1, -0.05) is 47.5 Å². The van der Waals surface area contributed by atoms with Crippen molar-refractivity contribution in [3.63, 3.8) is 0 Å². The minimum absolute atomic E-state index is 0.176. The lowest BCUT2D eigenvalue weighted by atomic mass is 9.77. The highest BCUT2D eigenvalue weighted by molar-refractivity contribution is 6.36. The fraction of sp³-hybridized carbons (Fsp3) is 0.333. The molecule has 4 heteroatoms. The van der Waals surface area contributed by atoms with Crippen molar-refractivity contribution in [2.45, 2.75) is 38.3 Å². The van der Waals surface area contributed by atoms with E-state index in [9.17, 15) is 0 Å². The van der Waals surface area contributed by atoms with Crippen LogP contribution in [0.2, 0.25) is 10.0 Å². The van der Waals surface area contributed by atoms with Gasteiger partial charge in [0.05, 0.1) is 22.9 Å². The predicted octanol–water partition coefficient (Wildman–Crippen LogP) is 6.61. The highest BCUT2D eigenvalue weighted by atomic mass is 35.5. The minimum atomic E-state index is 0.176. The molecule has 0 bridgehead atoms.